The first-order valence-electron chi connectivity index (χ1n) is 13.2. The third-order valence-corrected chi connectivity index (χ3v) is 11.1. The predicted molar refractivity (Wildman–Crippen MR) is 127 cm³/mol. The Morgan fingerprint density at radius 2 is 1.78 bits per heavy atom. The van der Waals surface area contributed by atoms with E-state index in [1.54, 1.807) is 0 Å². The normalized spacial score (nSPS) is 48.8. The number of hydrogen-bond acceptors (Lipinski definition) is 4. The number of carbonyl (C=O) groups is 1. The molecule has 182 valence electrons. The van der Waals surface area contributed by atoms with Crippen molar-refractivity contribution >= 4 is 5.97 Å². The quantitative estimate of drug-likeness (QED) is 0.425. The highest BCUT2D eigenvalue weighted by Gasteiger charge is 2.64. The fourth-order valence-electron chi connectivity index (χ4n) is 9.55. The van der Waals surface area contributed by atoms with E-state index in [0.717, 1.165) is 32.1 Å². The molecule has 4 aliphatic rings. The summed E-state index contributed by atoms with van der Waals surface area (Å²) in [6.45, 7) is 11.3. The monoisotopic (exact) mass is 446 g/mol. The van der Waals surface area contributed by atoms with E-state index in [0.29, 0.717) is 41.9 Å². The number of esters is 1. The van der Waals surface area contributed by atoms with Gasteiger partial charge < -0.3 is 14.9 Å². The summed E-state index contributed by atoms with van der Waals surface area (Å²) >= 11 is 0. The van der Waals surface area contributed by atoms with Gasteiger partial charge in [-0.15, -0.1) is 6.58 Å². The first-order valence-corrected chi connectivity index (χ1v) is 13.2. The molecule has 32 heavy (non-hydrogen) atoms. The predicted octanol–water partition coefficient (Wildman–Crippen LogP) is 5.37. The van der Waals surface area contributed by atoms with Gasteiger partial charge in [0, 0.05) is 6.42 Å². The van der Waals surface area contributed by atoms with Gasteiger partial charge in [-0.1, -0.05) is 26.8 Å². The topological polar surface area (TPSA) is 66.8 Å². The number of methoxy groups -OCH3 is 1. The van der Waals surface area contributed by atoms with Gasteiger partial charge in [0.25, 0.3) is 0 Å². The fourth-order valence-corrected chi connectivity index (χ4v) is 9.55. The molecule has 0 radical (unpaired) electrons. The molecule has 0 spiro atoms. The lowest BCUT2D eigenvalue weighted by atomic mass is 9.41. The molecule has 4 fully saturated rings. The van der Waals surface area contributed by atoms with Crippen molar-refractivity contribution in [2.75, 3.05) is 7.11 Å². The minimum atomic E-state index is -0.296. The Hall–Kier alpha value is -0.870. The Balaban J connectivity index is 1.60. The second kappa shape index (κ2) is 9.06. The average molecular weight is 447 g/mol. The Kier molecular flexibility index (Phi) is 6.87. The van der Waals surface area contributed by atoms with Gasteiger partial charge in [-0.3, -0.25) is 4.79 Å². The number of rotatable bonds is 6. The Morgan fingerprint density at radius 1 is 1.09 bits per heavy atom. The highest BCUT2D eigenvalue weighted by atomic mass is 16.5. The van der Waals surface area contributed by atoms with Crippen molar-refractivity contribution in [3.05, 3.63) is 12.7 Å². The maximum atomic E-state index is 11.8. The van der Waals surface area contributed by atoms with Crippen molar-refractivity contribution < 1.29 is 19.7 Å². The molecule has 4 rings (SSSR count). The highest BCUT2D eigenvalue weighted by molar-refractivity contribution is 5.69. The molecule has 11 atom stereocenters. The lowest BCUT2D eigenvalue weighted by molar-refractivity contribution is -0.202. The molecule has 0 aromatic carbocycles. The van der Waals surface area contributed by atoms with Crippen LogP contribution in [0.15, 0.2) is 12.7 Å². The molecule has 4 nitrogen and oxygen atoms in total. The summed E-state index contributed by atoms with van der Waals surface area (Å²) in [5.74, 6) is 3.08. The van der Waals surface area contributed by atoms with Crippen molar-refractivity contribution in [1.29, 1.82) is 0 Å². The van der Waals surface area contributed by atoms with Gasteiger partial charge in [-0.05, 0) is 110 Å². The number of allylic oxidation sites excluding steroid dienone is 1. The van der Waals surface area contributed by atoms with Crippen LogP contribution in [-0.4, -0.2) is 35.5 Å². The molecule has 0 aromatic heterocycles. The van der Waals surface area contributed by atoms with Crippen molar-refractivity contribution in [2.45, 2.75) is 97.2 Å². The van der Waals surface area contributed by atoms with Crippen molar-refractivity contribution in [1.82, 2.24) is 0 Å². The van der Waals surface area contributed by atoms with Crippen LogP contribution in [0.25, 0.3) is 0 Å². The first-order chi connectivity index (χ1) is 15.2. The smallest absolute Gasteiger partial charge is 0.305 e. The minimum absolute atomic E-state index is 0.103. The standard InChI is InChI=1S/C28H46O4/c1-6-7-19-23-16-18(29)12-14-28(23,4)22-13-15-27(3)20(17(2)8-11-24(30)32-5)9-10-21(27)25(22)26(19)31/h6,17-23,25-26,29,31H,1,7-16H2,2-5H3/t17-,18-,19-,20-,21+,22+,23+,25+,26-,27-,28-/m1/s1. The summed E-state index contributed by atoms with van der Waals surface area (Å²) in [5.41, 5.74) is 0.459. The molecule has 0 amide bonds. The van der Waals surface area contributed by atoms with Crippen molar-refractivity contribution in [3.63, 3.8) is 0 Å². The maximum absolute atomic E-state index is 11.8. The van der Waals surface area contributed by atoms with Gasteiger partial charge in [-0.25, -0.2) is 0 Å². The molecule has 0 aromatic rings. The SMILES string of the molecule is C=CC[C@H]1[C@@H](O)[C@@H]2[C@H](CC[C@]3(C)[C@@H]([C@H](C)CCC(=O)OC)CC[C@@H]23)[C@@]2(C)CC[C@@H](O)C[C@@H]12. The summed E-state index contributed by atoms with van der Waals surface area (Å²) in [4.78, 5) is 11.7. The Bertz CT molecular complexity index is 706. The van der Waals surface area contributed by atoms with E-state index in [9.17, 15) is 15.0 Å². The van der Waals surface area contributed by atoms with Gasteiger partial charge in [0.15, 0.2) is 0 Å². The van der Waals surface area contributed by atoms with Crippen LogP contribution < -0.4 is 0 Å². The van der Waals surface area contributed by atoms with Crippen LogP contribution in [0.3, 0.4) is 0 Å². The zero-order valence-corrected chi connectivity index (χ0v) is 20.8. The summed E-state index contributed by atoms with van der Waals surface area (Å²) < 4.78 is 4.89. The molecule has 0 aliphatic heterocycles. The van der Waals surface area contributed by atoms with Crippen molar-refractivity contribution in [3.8, 4) is 0 Å². The van der Waals surface area contributed by atoms with E-state index in [4.69, 9.17) is 4.74 Å². The number of aliphatic hydroxyl groups excluding tert-OH is 2. The van der Waals surface area contributed by atoms with Crippen LogP contribution in [-0.2, 0) is 9.53 Å². The lowest BCUT2D eigenvalue weighted by Crippen LogP contribution is -2.62. The lowest BCUT2D eigenvalue weighted by Gasteiger charge is -2.64. The Morgan fingerprint density at radius 3 is 2.47 bits per heavy atom. The minimum Gasteiger partial charge on any atom is -0.469 e. The summed E-state index contributed by atoms with van der Waals surface area (Å²) in [6, 6.07) is 0. The van der Waals surface area contributed by atoms with Gasteiger partial charge in [-0.2, -0.15) is 0 Å². The second-order valence-electron chi connectivity index (χ2n) is 12.3. The van der Waals surface area contributed by atoms with Gasteiger partial charge in [0.1, 0.15) is 0 Å². The van der Waals surface area contributed by atoms with E-state index in [2.05, 4.69) is 27.4 Å². The first kappa shape index (κ1) is 24.3. The summed E-state index contributed by atoms with van der Waals surface area (Å²) in [7, 11) is 1.48. The molecule has 4 aliphatic carbocycles. The summed E-state index contributed by atoms with van der Waals surface area (Å²) in [6.07, 6.45) is 11.4. The number of ether oxygens (including phenoxy) is 1. The highest BCUT2D eigenvalue weighted by Crippen LogP contribution is 2.69. The van der Waals surface area contributed by atoms with Crippen LogP contribution in [0, 0.1) is 52.3 Å². The zero-order chi connectivity index (χ0) is 23.3. The maximum Gasteiger partial charge on any atom is 0.305 e. The zero-order valence-electron chi connectivity index (χ0n) is 20.8. The average Bonchev–Trinajstić information content (AvgIpc) is 3.12. The third kappa shape index (κ3) is 3.78. The number of fused-ring (bicyclic) bond motifs is 5. The molecule has 0 bridgehead atoms. The number of hydrogen-bond donors (Lipinski definition) is 2. The van der Waals surface area contributed by atoms with E-state index in [1.165, 1.54) is 32.8 Å². The van der Waals surface area contributed by atoms with Crippen LogP contribution in [0.4, 0.5) is 0 Å². The van der Waals surface area contributed by atoms with Crippen LogP contribution >= 0.6 is 0 Å². The van der Waals surface area contributed by atoms with Gasteiger partial charge in [0.2, 0.25) is 0 Å². The second-order valence-corrected chi connectivity index (χ2v) is 12.3. The van der Waals surface area contributed by atoms with Gasteiger partial charge >= 0.3 is 5.97 Å². The van der Waals surface area contributed by atoms with Crippen LogP contribution in [0.5, 0.6) is 0 Å². The molecular formula is C28H46O4. The molecule has 0 unspecified atom stereocenters. The van der Waals surface area contributed by atoms with Crippen LogP contribution in [0.1, 0.15) is 85.0 Å². The van der Waals surface area contributed by atoms with E-state index >= 15 is 0 Å². The number of aliphatic hydroxyl groups is 2. The van der Waals surface area contributed by atoms with Gasteiger partial charge in [0.05, 0.1) is 19.3 Å². The van der Waals surface area contributed by atoms with E-state index in [-0.39, 0.29) is 34.9 Å². The molecule has 2 N–H and O–H groups in total. The largest absolute Gasteiger partial charge is 0.469 e. The van der Waals surface area contributed by atoms with E-state index in [1.807, 2.05) is 6.08 Å². The molecule has 4 heteroatoms. The fraction of sp³-hybridized carbons (Fsp3) is 0.893. The molecule has 0 saturated heterocycles. The molecule has 4 saturated carbocycles. The Labute approximate surface area is 195 Å². The number of carbonyl (C=O) groups excluding carboxylic acids is 1. The molecule has 0 heterocycles. The van der Waals surface area contributed by atoms with Crippen molar-refractivity contribution in [2.24, 2.45) is 52.3 Å². The van der Waals surface area contributed by atoms with E-state index < -0.39 is 0 Å². The van der Waals surface area contributed by atoms with Crippen LogP contribution in [0.2, 0.25) is 0 Å². The third-order valence-electron chi connectivity index (χ3n) is 11.1. The molecular weight excluding hydrogens is 400 g/mol. The summed E-state index contributed by atoms with van der Waals surface area (Å²) in [5, 5.41) is 22.3.